The van der Waals surface area contributed by atoms with E-state index < -0.39 is 5.97 Å². The van der Waals surface area contributed by atoms with Crippen molar-refractivity contribution in [2.75, 3.05) is 5.32 Å². The number of anilines is 1. The number of nitrogens with one attached hydrogen (secondary N) is 1. The minimum absolute atomic E-state index is 0.0226. The van der Waals surface area contributed by atoms with Crippen molar-refractivity contribution >= 4 is 34.1 Å². The monoisotopic (exact) mass is 318 g/mol. The average Bonchev–Trinajstić information content (AvgIpc) is 2.86. The van der Waals surface area contributed by atoms with Gasteiger partial charge in [-0.2, -0.15) is 0 Å². The molecule has 1 aromatic carbocycles. The predicted octanol–water partition coefficient (Wildman–Crippen LogP) is 2.75. The lowest BCUT2D eigenvalue weighted by atomic mass is 10.1. The standard InChI is InChI=1S/C15H14N2O4S/c1-9-13(14(20)21)22-15(16-9)17-12(19)8-7-11(18)10-5-3-2-4-6-10/h2-6H,7-8H2,1H3,(H,20,21)(H,16,17,19). The van der Waals surface area contributed by atoms with Gasteiger partial charge in [0.1, 0.15) is 4.88 Å². The zero-order valence-corrected chi connectivity index (χ0v) is 12.6. The number of Topliss-reactive ketones (excluding diaryl/α,β-unsaturated/α-hetero) is 1. The van der Waals surface area contributed by atoms with Crippen molar-refractivity contribution in [1.29, 1.82) is 0 Å². The van der Waals surface area contributed by atoms with Gasteiger partial charge in [-0.1, -0.05) is 41.7 Å². The summed E-state index contributed by atoms with van der Waals surface area (Å²) >= 11 is 0.899. The minimum atomic E-state index is -1.07. The molecule has 6 nitrogen and oxygen atoms in total. The lowest BCUT2D eigenvalue weighted by Crippen LogP contribution is -2.13. The third-order valence-electron chi connectivity index (χ3n) is 2.91. The number of nitrogens with zero attached hydrogens (tertiary/aromatic N) is 1. The van der Waals surface area contributed by atoms with E-state index in [1.54, 1.807) is 31.2 Å². The Morgan fingerprint density at radius 3 is 2.45 bits per heavy atom. The molecular formula is C15H14N2O4S. The molecule has 0 fully saturated rings. The molecule has 1 aromatic heterocycles. The second kappa shape index (κ2) is 6.95. The summed E-state index contributed by atoms with van der Waals surface area (Å²) in [5.41, 5.74) is 0.918. The van der Waals surface area contributed by atoms with Gasteiger partial charge in [0.25, 0.3) is 0 Å². The number of hydrogen-bond acceptors (Lipinski definition) is 5. The predicted molar refractivity (Wildman–Crippen MR) is 82.4 cm³/mol. The van der Waals surface area contributed by atoms with E-state index in [2.05, 4.69) is 10.3 Å². The van der Waals surface area contributed by atoms with E-state index in [1.165, 1.54) is 0 Å². The average molecular weight is 318 g/mol. The van der Waals surface area contributed by atoms with E-state index in [-0.39, 0.29) is 34.5 Å². The highest BCUT2D eigenvalue weighted by atomic mass is 32.1. The van der Waals surface area contributed by atoms with E-state index in [0.717, 1.165) is 11.3 Å². The summed E-state index contributed by atoms with van der Waals surface area (Å²) in [6, 6.07) is 8.74. The SMILES string of the molecule is Cc1nc(NC(=O)CCC(=O)c2ccccc2)sc1C(=O)O. The third kappa shape index (κ3) is 3.98. The molecule has 0 spiro atoms. The van der Waals surface area contributed by atoms with Crippen LogP contribution in [0.1, 0.15) is 38.6 Å². The molecule has 0 aliphatic rings. The van der Waals surface area contributed by atoms with Crippen LogP contribution in [-0.4, -0.2) is 27.8 Å². The maximum absolute atomic E-state index is 11.9. The van der Waals surface area contributed by atoms with Crippen LogP contribution in [0.5, 0.6) is 0 Å². The van der Waals surface area contributed by atoms with Crippen molar-refractivity contribution in [2.45, 2.75) is 19.8 Å². The fourth-order valence-corrected chi connectivity index (χ4v) is 2.65. The van der Waals surface area contributed by atoms with Gasteiger partial charge in [0.15, 0.2) is 10.9 Å². The van der Waals surface area contributed by atoms with Gasteiger partial charge in [-0.15, -0.1) is 0 Å². The smallest absolute Gasteiger partial charge is 0.347 e. The Bertz CT molecular complexity index is 710. The van der Waals surface area contributed by atoms with E-state index in [9.17, 15) is 14.4 Å². The molecule has 114 valence electrons. The molecule has 0 saturated heterocycles. The molecule has 0 unspecified atom stereocenters. The van der Waals surface area contributed by atoms with Crippen molar-refractivity contribution in [3.8, 4) is 0 Å². The Hall–Kier alpha value is -2.54. The number of rotatable bonds is 6. The first-order chi connectivity index (χ1) is 10.5. The second-order valence-corrected chi connectivity index (χ2v) is 5.58. The normalized spacial score (nSPS) is 10.2. The van der Waals surface area contributed by atoms with Gasteiger partial charge in [0.05, 0.1) is 5.69 Å². The van der Waals surface area contributed by atoms with Crippen molar-refractivity contribution in [2.24, 2.45) is 0 Å². The highest BCUT2D eigenvalue weighted by Crippen LogP contribution is 2.22. The first-order valence-corrected chi connectivity index (χ1v) is 7.38. The van der Waals surface area contributed by atoms with Crippen LogP contribution in [-0.2, 0) is 4.79 Å². The van der Waals surface area contributed by atoms with Crippen molar-refractivity contribution in [3.05, 3.63) is 46.5 Å². The van der Waals surface area contributed by atoms with Crippen molar-refractivity contribution in [3.63, 3.8) is 0 Å². The molecule has 0 saturated carbocycles. The zero-order chi connectivity index (χ0) is 16.1. The third-order valence-corrected chi connectivity index (χ3v) is 3.97. The molecular weight excluding hydrogens is 304 g/mol. The molecule has 22 heavy (non-hydrogen) atoms. The molecule has 2 N–H and O–H groups in total. The minimum Gasteiger partial charge on any atom is -0.477 e. The summed E-state index contributed by atoms with van der Waals surface area (Å²) in [7, 11) is 0. The molecule has 0 atom stereocenters. The zero-order valence-electron chi connectivity index (χ0n) is 11.8. The molecule has 0 aliphatic carbocycles. The number of benzene rings is 1. The van der Waals surface area contributed by atoms with Gasteiger partial charge >= 0.3 is 5.97 Å². The molecule has 2 aromatic rings. The maximum Gasteiger partial charge on any atom is 0.347 e. The van der Waals surface area contributed by atoms with Gasteiger partial charge in [-0.3, -0.25) is 9.59 Å². The van der Waals surface area contributed by atoms with Gasteiger partial charge in [0.2, 0.25) is 5.91 Å². The van der Waals surface area contributed by atoms with Crippen LogP contribution in [0.4, 0.5) is 5.13 Å². The molecule has 0 radical (unpaired) electrons. The van der Waals surface area contributed by atoms with Crippen LogP contribution < -0.4 is 5.32 Å². The van der Waals surface area contributed by atoms with Gasteiger partial charge in [0, 0.05) is 18.4 Å². The number of ketones is 1. The lowest BCUT2D eigenvalue weighted by molar-refractivity contribution is -0.116. The first kappa shape index (κ1) is 15.8. The Kier molecular flexibility index (Phi) is 5.00. The number of carbonyl (C=O) groups excluding carboxylic acids is 2. The summed E-state index contributed by atoms with van der Waals surface area (Å²) in [6.45, 7) is 1.56. The fraction of sp³-hybridized carbons (Fsp3) is 0.200. The molecule has 0 bridgehead atoms. The quantitative estimate of drug-likeness (QED) is 0.798. The van der Waals surface area contributed by atoms with Crippen LogP contribution in [0.25, 0.3) is 0 Å². The van der Waals surface area contributed by atoms with Crippen LogP contribution in [0, 0.1) is 6.92 Å². The fourth-order valence-electron chi connectivity index (χ4n) is 1.83. The Morgan fingerprint density at radius 1 is 1.18 bits per heavy atom. The summed E-state index contributed by atoms with van der Waals surface area (Å²) in [4.78, 5) is 38.6. The van der Waals surface area contributed by atoms with E-state index in [0.29, 0.717) is 11.3 Å². The number of hydrogen-bond donors (Lipinski definition) is 2. The van der Waals surface area contributed by atoms with E-state index in [1.807, 2.05) is 6.07 Å². The number of amides is 1. The van der Waals surface area contributed by atoms with Gasteiger partial charge in [-0.25, -0.2) is 9.78 Å². The molecule has 2 rings (SSSR count). The first-order valence-electron chi connectivity index (χ1n) is 6.56. The molecule has 0 aliphatic heterocycles. The number of carbonyl (C=O) groups is 3. The molecule has 1 heterocycles. The number of aromatic carboxylic acids is 1. The van der Waals surface area contributed by atoms with Crippen LogP contribution in [0.2, 0.25) is 0 Å². The Balaban J connectivity index is 1.89. The van der Waals surface area contributed by atoms with Crippen molar-refractivity contribution in [1.82, 2.24) is 4.98 Å². The lowest BCUT2D eigenvalue weighted by Gasteiger charge is -2.02. The van der Waals surface area contributed by atoms with E-state index >= 15 is 0 Å². The highest BCUT2D eigenvalue weighted by molar-refractivity contribution is 7.17. The van der Waals surface area contributed by atoms with E-state index in [4.69, 9.17) is 5.11 Å². The van der Waals surface area contributed by atoms with Gasteiger partial charge in [-0.05, 0) is 6.92 Å². The Labute approximate surface area is 130 Å². The van der Waals surface area contributed by atoms with Crippen LogP contribution in [0.15, 0.2) is 30.3 Å². The number of carboxylic acid groups (broad SMARTS) is 1. The summed E-state index contributed by atoms with van der Waals surface area (Å²) in [5, 5.41) is 11.7. The second-order valence-electron chi connectivity index (χ2n) is 4.58. The number of aromatic nitrogens is 1. The van der Waals surface area contributed by atoms with Crippen LogP contribution in [0.3, 0.4) is 0 Å². The number of carboxylic acids is 1. The highest BCUT2D eigenvalue weighted by Gasteiger charge is 2.16. The molecule has 1 amide bonds. The summed E-state index contributed by atoms with van der Waals surface area (Å²) < 4.78 is 0. The summed E-state index contributed by atoms with van der Waals surface area (Å²) in [6.07, 6.45) is 0.112. The Morgan fingerprint density at radius 2 is 1.86 bits per heavy atom. The topological polar surface area (TPSA) is 96.4 Å². The maximum atomic E-state index is 11.9. The largest absolute Gasteiger partial charge is 0.477 e. The molecule has 7 heteroatoms. The van der Waals surface area contributed by atoms with Gasteiger partial charge < -0.3 is 10.4 Å². The number of aryl methyl sites for hydroxylation is 1. The summed E-state index contributed by atoms with van der Waals surface area (Å²) in [5.74, 6) is -1.55. The number of thiazole rings is 1. The van der Waals surface area contributed by atoms with Crippen molar-refractivity contribution < 1.29 is 19.5 Å². The van der Waals surface area contributed by atoms with Crippen LogP contribution >= 0.6 is 11.3 Å².